The number of benzene rings is 1. The molecule has 2 aromatic rings. The third-order valence-corrected chi connectivity index (χ3v) is 2.90. The van der Waals surface area contributed by atoms with Crippen LogP contribution in [0.4, 0.5) is 0 Å². The molecule has 0 spiro atoms. The number of rotatable bonds is 1. The second-order valence-electron chi connectivity index (χ2n) is 2.94. The second kappa shape index (κ2) is 3.06. The molecule has 14 heavy (non-hydrogen) atoms. The molecule has 0 aliphatic carbocycles. The van der Waals surface area contributed by atoms with E-state index < -0.39 is 16.2 Å². The Balaban J connectivity index is 3.04. The summed E-state index contributed by atoms with van der Waals surface area (Å²) in [7, 11) is 0. The van der Waals surface area contributed by atoms with Crippen molar-refractivity contribution in [2.75, 3.05) is 6.26 Å². The first-order valence-electron chi connectivity index (χ1n) is 4.01. The molecule has 0 saturated heterocycles. The molecule has 0 bridgehead atoms. The van der Waals surface area contributed by atoms with Crippen LogP contribution in [-0.2, 0) is 0 Å². The SMILES string of the molecule is CSc1ccc2c(=O)c(=N)c(=O)c2c1. The summed E-state index contributed by atoms with van der Waals surface area (Å²) < 4.78 is 0. The predicted molar refractivity (Wildman–Crippen MR) is 56.5 cm³/mol. The van der Waals surface area contributed by atoms with E-state index in [1.165, 1.54) is 11.8 Å². The van der Waals surface area contributed by atoms with Crippen molar-refractivity contribution < 1.29 is 0 Å². The van der Waals surface area contributed by atoms with Gasteiger partial charge in [-0.05, 0) is 24.5 Å². The van der Waals surface area contributed by atoms with Crippen molar-refractivity contribution in [3.05, 3.63) is 44.0 Å². The van der Waals surface area contributed by atoms with Crippen LogP contribution in [0.3, 0.4) is 0 Å². The number of fused-ring (bicyclic) bond motifs is 1. The Morgan fingerprint density at radius 3 is 2.43 bits per heavy atom. The van der Waals surface area contributed by atoms with Gasteiger partial charge in [-0.3, -0.25) is 15.0 Å². The highest BCUT2D eigenvalue weighted by Crippen LogP contribution is 2.17. The lowest BCUT2D eigenvalue weighted by Crippen LogP contribution is -2.29. The molecule has 4 heteroatoms. The van der Waals surface area contributed by atoms with Gasteiger partial charge in [-0.15, -0.1) is 11.8 Å². The number of hydrogen-bond acceptors (Lipinski definition) is 4. The number of hydrogen-bond donors (Lipinski definition) is 1. The summed E-state index contributed by atoms with van der Waals surface area (Å²) in [5, 5.41) is 7.58. The lowest BCUT2D eigenvalue weighted by Gasteiger charge is -1.93. The van der Waals surface area contributed by atoms with Crippen LogP contribution in [0.1, 0.15) is 0 Å². The first kappa shape index (κ1) is 9.15. The monoisotopic (exact) mass is 205 g/mol. The minimum Gasteiger partial charge on any atom is -0.293 e. The Bertz CT molecular complexity index is 638. The quantitative estimate of drug-likeness (QED) is 0.695. The van der Waals surface area contributed by atoms with Crippen LogP contribution in [0.5, 0.6) is 0 Å². The van der Waals surface area contributed by atoms with E-state index in [4.69, 9.17) is 5.41 Å². The Morgan fingerprint density at radius 1 is 1.14 bits per heavy atom. The van der Waals surface area contributed by atoms with Crippen LogP contribution in [0.15, 0.2) is 32.7 Å². The smallest absolute Gasteiger partial charge is 0.215 e. The summed E-state index contributed by atoms with van der Waals surface area (Å²) in [5.74, 6) is 0. The molecule has 0 heterocycles. The van der Waals surface area contributed by atoms with Crippen molar-refractivity contribution in [2.45, 2.75) is 4.90 Å². The van der Waals surface area contributed by atoms with Crippen molar-refractivity contribution in [2.24, 2.45) is 0 Å². The zero-order valence-corrected chi connectivity index (χ0v) is 8.27. The van der Waals surface area contributed by atoms with Gasteiger partial charge >= 0.3 is 0 Å². The number of thioether (sulfide) groups is 1. The molecule has 0 amide bonds. The minimum atomic E-state index is -0.461. The highest BCUT2D eigenvalue weighted by Gasteiger charge is 2.09. The van der Waals surface area contributed by atoms with E-state index in [-0.39, 0.29) is 0 Å². The number of nitrogens with one attached hydrogen (secondary N) is 1. The van der Waals surface area contributed by atoms with Crippen molar-refractivity contribution in [3.8, 4) is 0 Å². The van der Waals surface area contributed by atoms with Crippen LogP contribution >= 0.6 is 11.8 Å². The summed E-state index contributed by atoms with van der Waals surface area (Å²) in [6, 6.07) is 5.07. The standard InChI is InChI=1S/C10H7NO2S/c1-14-5-2-3-6-7(4-5)10(13)8(11)9(6)12/h2-4,11H,1H3. The average molecular weight is 205 g/mol. The van der Waals surface area contributed by atoms with Crippen LogP contribution in [-0.4, -0.2) is 6.26 Å². The van der Waals surface area contributed by atoms with Gasteiger partial charge in [0.1, 0.15) is 0 Å². The summed E-state index contributed by atoms with van der Waals surface area (Å²) >= 11 is 1.51. The van der Waals surface area contributed by atoms with E-state index in [9.17, 15) is 9.59 Å². The zero-order valence-electron chi connectivity index (χ0n) is 7.46. The average Bonchev–Trinajstić information content (AvgIpc) is 2.44. The molecule has 0 unspecified atom stereocenters. The van der Waals surface area contributed by atoms with E-state index in [1.807, 2.05) is 6.26 Å². The third kappa shape index (κ3) is 1.11. The fraction of sp³-hybridized carbons (Fsp3) is 0.100. The Morgan fingerprint density at radius 2 is 1.79 bits per heavy atom. The lowest BCUT2D eigenvalue weighted by molar-refractivity contribution is 1.24. The summed E-state index contributed by atoms with van der Waals surface area (Å²) in [6.45, 7) is 0. The normalized spacial score (nSPS) is 10.9. The molecule has 0 atom stereocenters. The van der Waals surface area contributed by atoms with Gasteiger partial charge in [0.2, 0.25) is 10.9 Å². The molecule has 0 aromatic heterocycles. The van der Waals surface area contributed by atoms with Crippen molar-refractivity contribution in [1.82, 2.24) is 0 Å². The molecule has 0 saturated carbocycles. The van der Waals surface area contributed by atoms with Gasteiger partial charge in [0.25, 0.3) is 0 Å². The molecule has 0 radical (unpaired) electrons. The largest absolute Gasteiger partial charge is 0.293 e. The maximum atomic E-state index is 11.4. The first-order chi connectivity index (χ1) is 6.65. The van der Waals surface area contributed by atoms with Gasteiger partial charge in [0, 0.05) is 15.7 Å². The summed E-state index contributed by atoms with van der Waals surface area (Å²) in [5.41, 5.74) is -0.918. The lowest BCUT2D eigenvalue weighted by atomic mass is 10.2. The Kier molecular flexibility index (Phi) is 2.00. The highest BCUT2D eigenvalue weighted by atomic mass is 32.2. The van der Waals surface area contributed by atoms with Crippen molar-refractivity contribution >= 4 is 22.5 Å². The molecule has 2 rings (SSSR count). The molecular weight excluding hydrogens is 198 g/mol. The van der Waals surface area contributed by atoms with E-state index in [2.05, 4.69) is 0 Å². The van der Waals surface area contributed by atoms with Gasteiger partial charge in [-0.25, -0.2) is 0 Å². The van der Waals surface area contributed by atoms with Crippen molar-refractivity contribution in [3.63, 3.8) is 0 Å². The van der Waals surface area contributed by atoms with Crippen LogP contribution in [0, 0.1) is 5.41 Å². The highest BCUT2D eigenvalue weighted by molar-refractivity contribution is 7.98. The maximum absolute atomic E-state index is 11.4. The molecular formula is C10H7NO2S. The summed E-state index contributed by atoms with van der Waals surface area (Å²) in [6.07, 6.45) is 1.90. The topological polar surface area (TPSA) is 58.0 Å². The van der Waals surface area contributed by atoms with Gasteiger partial charge in [0.15, 0.2) is 5.36 Å². The summed E-state index contributed by atoms with van der Waals surface area (Å²) in [4.78, 5) is 23.7. The van der Waals surface area contributed by atoms with Gasteiger partial charge in [0.05, 0.1) is 0 Å². The van der Waals surface area contributed by atoms with E-state index in [0.29, 0.717) is 10.8 Å². The molecule has 0 aliphatic heterocycles. The zero-order chi connectivity index (χ0) is 10.3. The first-order valence-corrected chi connectivity index (χ1v) is 5.23. The van der Waals surface area contributed by atoms with Crippen molar-refractivity contribution in [1.29, 1.82) is 5.41 Å². The molecule has 1 N–H and O–H groups in total. The van der Waals surface area contributed by atoms with Gasteiger partial charge in [-0.1, -0.05) is 0 Å². The van der Waals surface area contributed by atoms with Crippen LogP contribution in [0.2, 0.25) is 0 Å². The third-order valence-electron chi connectivity index (χ3n) is 2.17. The van der Waals surface area contributed by atoms with Gasteiger partial charge < -0.3 is 0 Å². The molecule has 70 valence electrons. The molecule has 3 nitrogen and oxygen atoms in total. The molecule has 0 fully saturated rings. The molecule has 2 aromatic carbocycles. The van der Waals surface area contributed by atoms with E-state index in [1.54, 1.807) is 18.2 Å². The maximum Gasteiger partial charge on any atom is 0.215 e. The Hall–Kier alpha value is -1.42. The van der Waals surface area contributed by atoms with Gasteiger partial charge in [-0.2, -0.15) is 0 Å². The fourth-order valence-electron chi connectivity index (χ4n) is 1.41. The molecule has 0 aliphatic rings. The van der Waals surface area contributed by atoms with Crippen LogP contribution < -0.4 is 16.2 Å². The van der Waals surface area contributed by atoms with E-state index in [0.717, 1.165) is 4.90 Å². The van der Waals surface area contributed by atoms with Crippen LogP contribution in [0.25, 0.3) is 10.8 Å². The second-order valence-corrected chi connectivity index (χ2v) is 3.82. The fourth-order valence-corrected chi connectivity index (χ4v) is 1.85. The predicted octanol–water partition coefficient (Wildman–Crippen LogP) is 0.637. The Labute approximate surface area is 83.6 Å². The van der Waals surface area contributed by atoms with E-state index >= 15 is 0 Å². The minimum absolute atomic E-state index is 0.359.